The van der Waals surface area contributed by atoms with Crippen LogP contribution in [0, 0.1) is 6.42 Å². The van der Waals surface area contributed by atoms with Gasteiger partial charge in [-0.05, 0) is 6.92 Å². The summed E-state index contributed by atoms with van der Waals surface area (Å²) in [5.74, 6) is 0. The van der Waals surface area contributed by atoms with Crippen molar-refractivity contribution >= 4 is 0 Å². The first-order chi connectivity index (χ1) is 3.39. The first-order valence-corrected chi connectivity index (χ1v) is 2.44. The molecule has 1 saturated heterocycles. The summed E-state index contributed by atoms with van der Waals surface area (Å²) in [6.45, 7) is 3.37. The summed E-state index contributed by atoms with van der Waals surface area (Å²) in [7, 11) is 0. The van der Waals surface area contributed by atoms with E-state index in [4.69, 9.17) is 9.47 Å². The first kappa shape index (κ1) is 18.9. The van der Waals surface area contributed by atoms with Crippen LogP contribution in [0.3, 0.4) is 0 Å². The Balaban J connectivity index is -0.000000163. The molecule has 0 aromatic heterocycles. The van der Waals surface area contributed by atoms with Gasteiger partial charge in [-0.2, -0.15) is 0 Å². The molecule has 1 heterocycles. The number of rotatable bonds is 0. The van der Waals surface area contributed by atoms with E-state index in [9.17, 15) is 0 Å². The maximum Gasteiger partial charge on any atom is 0.148 e. The van der Waals surface area contributed by atoms with Gasteiger partial charge in [-0.15, -0.1) is 0 Å². The van der Waals surface area contributed by atoms with E-state index >= 15 is 0 Å². The van der Waals surface area contributed by atoms with Gasteiger partial charge in [0.25, 0.3) is 0 Å². The molecule has 1 aliphatic heterocycles. The molecular formula is C5H9O2Y3-. The van der Waals surface area contributed by atoms with Crippen LogP contribution in [0.5, 0.6) is 0 Å². The zero-order valence-corrected chi connectivity index (χ0v) is 14.6. The Kier molecular flexibility index (Phi) is 23.1. The van der Waals surface area contributed by atoms with Crippen molar-refractivity contribution in [3.05, 3.63) is 6.42 Å². The molecule has 3 radical (unpaired) electrons. The van der Waals surface area contributed by atoms with Crippen molar-refractivity contribution in [1.82, 2.24) is 0 Å². The van der Waals surface area contributed by atoms with E-state index < -0.39 is 0 Å². The van der Waals surface area contributed by atoms with Crippen molar-refractivity contribution in [3.8, 4) is 0 Å². The van der Waals surface area contributed by atoms with Crippen LogP contribution in [-0.4, -0.2) is 19.5 Å². The minimum absolute atomic E-state index is 0. The molecule has 10 heavy (non-hydrogen) atoms. The van der Waals surface area contributed by atoms with E-state index in [1.807, 2.05) is 13.3 Å². The molecule has 0 saturated carbocycles. The largest absolute Gasteiger partial charge is 0.385 e. The summed E-state index contributed by atoms with van der Waals surface area (Å²) in [6.07, 6.45) is 1.96. The van der Waals surface area contributed by atoms with E-state index in [1.165, 1.54) is 0 Å². The van der Waals surface area contributed by atoms with Crippen molar-refractivity contribution in [1.29, 1.82) is 0 Å². The Hall–Kier alpha value is 3.23. The summed E-state index contributed by atoms with van der Waals surface area (Å²) in [6, 6.07) is 0. The summed E-state index contributed by atoms with van der Waals surface area (Å²) >= 11 is 0. The topological polar surface area (TPSA) is 18.5 Å². The molecule has 0 amide bonds. The third-order valence-electron chi connectivity index (χ3n) is 0.898. The maximum atomic E-state index is 5.00. The number of ether oxygens (including phenoxy) is 2. The van der Waals surface area contributed by atoms with Crippen LogP contribution in [0.25, 0.3) is 0 Å². The predicted octanol–water partition coefficient (Wildman–Crippen LogP) is 0.576. The van der Waals surface area contributed by atoms with Crippen LogP contribution < -0.4 is 0 Å². The SMILES string of the molecule is CC1OC[CH-]CO1.[Y].[Y].[Y]. The number of hydrogen-bond donors (Lipinski definition) is 0. The standard InChI is InChI=1S/C5H9O2.3Y/c1-5-6-3-2-4-7-5;;;/h2,5H,3-4H2,1H3;;;/q-1;;;. The Morgan fingerprint density at radius 1 is 1.10 bits per heavy atom. The quantitative estimate of drug-likeness (QED) is 0.583. The fraction of sp³-hybridized carbons (Fsp3) is 0.800. The molecule has 1 rings (SSSR count). The molecule has 2 nitrogen and oxygen atoms in total. The Morgan fingerprint density at radius 3 is 1.70 bits per heavy atom. The molecule has 0 N–H and O–H groups in total. The predicted molar refractivity (Wildman–Crippen MR) is 25.7 cm³/mol. The van der Waals surface area contributed by atoms with Crippen molar-refractivity contribution in [2.24, 2.45) is 0 Å². The minimum atomic E-state index is 0. The second kappa shape index (κ2) is 12.2. The third-order valence-corrected chi connectivity index (χ3v) is 0.898. The van der Waals surface area contributed by atoms with E-state index in [1.54, 1.807) is 0 Å². The van der Waals surface area contributed by atoms with Crippen LogP contribution in [0.2, 0.25) is 0 Å². The van der Waals surface area contributed by atoms with Crippen LogP contribution >= 0.6 is 0 Å². The molecule has 0 spiro atoms. The van der Waals surface area contributed by atoms with Gasteiger partial charge in [0.1, 0.15) is 6.29 Å². The molecule has 0 atom stereocenters. The normalized spacial score (nSPS) is 17.7. The van der Waals surface area contributed by atoms with Gasteiger partial charge in [0.05, 0.1) is 0 Å². The van der Waals surface area contributed by atoms with E-state index in [-0.39, 0.29) is 104 Å². The fourth-order valence-corrected chi connectivity index (χ4v) is 0.503. The summed E-state index contributed by atoms with van der Waals surface area (Å²) in [4.78, 5) is 0. The van der Waals surface area contributed by atoms with Crippen LogP contribution in [0.1, 0.15) is 6.92 Å². The van der Waals surface area contributed by atoms with Gasteiger partial charge in [0.15, 0.2) is 0 Å². The molecule has 0 aliphatic carbocycles. The second-order valence-corrected chi connectivity index (χ2v) is 1.52. The molecule has 1 aliphatic rings. The summed E-state index contributed by atoms with van der Waals surface area (Å²) in [5.41, 5.74) is 0. The average Bonchev–Trinajstić information content (AvgIpc) is 1.69. The minimum Gasteiger partial charge on any atom is -0.385 e. The van der Waals surface area contributed by atoms with Gasteiger partial charge in [0.2, 0.25) is 0 Å². The van der Waals surface area contributed by atoms with Gasteiger partial charge in [0, 0.05) is 98.1 Å². The maximum absolute atomic E-state index is 5.00. The molecule has 0 aromatic carbocycles. The molecule has 51 valence electrons. The van der Waals surface area contributed by atoms with E-state index in [0.717, 1.165) is 13.2 Å². The monoisotopic (exact) mass is 368 g/mol. The van der Waals surface area contributed by atoms with Crippen LogP contribution in [0.15, 0.2) is 0 Å². The molecular weight excluding hydrogens is 359 g/mol. The van der Waals surface area contributed by atoms with Gasteiger partial charge in [-0.1, -0.05) is 13.2 Å². The van der Waals surface area contributed by atoms with E-state index in [2.05, 4.69) is 0 Å². The Morgan fingerprint density at radius 2 is 1.50 bits per heavy atom. The molecule has 5 heteroatoms. The Bertz CT molecular complexity index is 56.9. The molecule has 0 unspecified atom stereocenters. The second-order valence-electron chi connectivity index (χ2n) is 1.52. The van der Waals surface area contributed by atoms with Crippen molar-refractivity contribution in [3.63, 3.8) is 0 Å². The fourth-order valence-electron chi connectivity index (χ4n) is 0.503. The van der Waals surface area contributed by atoms with Gasteiger partial charge < -0.3 is 9.47 Å². The Labute approximate surface area is 138 Å². The van der Waals surface area contributed by atoms with Gasteiger partial charge in [-0.3, -0.25) is 6.42 Å². The third kappa shape index (κ3) is 9.32. The smallest absolute Gasteiger partial charge is 0.148 e. The summed E-state index contributed by atoms with van der Waals surface area (Å²) in [5, 5.41) is 0. The van der Waals surface area contributed by atoms with Crippen molar-refractivity contribution in [2.45, 2.75) is 13.2 Å². The number of hydrogen-bond acceptors (Lipinski definition) is 2. The van der Waals surface area contributed by atoms with Gasteiger partial charge >= 0.3 is 0 Å². The zero-order valence-electron chi connectivity index (χ0n) is 6.12. The van der Waals surface area contributed by atoms with Crippen molar-refractivity contribution in [2.75, 3.05) is 13.2 Å². The molecule has 1 fully saturated rings. The zero-order chi connectivity index (χ0) is 5.11. The summed E-state index contributed by atoms with van der Waals surface area (Å²) < 4.78 is 10.0. The van der Waals surface area contributed by atoms with Crippen LogP contribution in [0.4, 0.5) is 0 Å². The van der Waals surface area contributed by atoms with Crippen molar-refractivity contribution < 1.29 is 108 Å². The van der Waals surface area contributed by atoms with Crippen LogP contribution in [-0.2, 0) is 108 Å². The van der Waals surface area contributed by atoms with E-state index in [0.29, 0.717) is 0 Å². The molecule has 0 aromatic rings. The molecule has 0 bridgehead atoms. The van der Waals surface area contributed by atoms with Gasteiger partial charge in [-0.25, -0.2) is 0 Å². The average molecular weight is 368 g/mol. The first-order valence-electron chi connectivity index (χ1n) is 2.44.